The van der Waals surface area contributed by atoms with E-state index < -0.39 is 27.8 Å². The summed E-state index contributed by atoms with van der Waals surface area (Å²) >= 11 is 0. The lowest BCUT2D eigenvalue weighted by Gasteiger charge is -2.08. The maximum Gasteiger partial charge on any atom is 0.286 e. The van der Waals surface area contributed by atoms with E-state index in [2.05, 4.69) is 0 Å². The second-order valence-corrected chi connectivity index (χ2v) is 3.25. The molecule has 1 rings (SSSR count). The van der Waals surface area contributed by atoms with Crippen molar-refractivity contribution in [3.63, 3.8) is 0 Å². The molecular formula is C10H10FNO4. The minimum Gasteiger partial charge on any atom is -0.494 e. The van der Waals surface area contributed by atoms with Crippen LogP contribution in [0.3, 0.4) is 0 Å². The quantitative estimate of drug-likeness (QED) is 0.451. The fraction of sp³-hybridized carbons (Fsp3) is 0.300. The number of carbonyl (C=O) groups is 1. The first-order valence-corrected chi connectivity index (χ1v) is 4.42. The summed E-state index contributed by atoms with van der Waals surface area (Å²) in [5.74, 6) is -1.87. The molecule has 16 heavy (non-hydrogen) atoms. The van der Waals surface area contributed by atoms with Gasteiger partial charge in [-0.1, -0.05) is 0 Å². The Bertz CT molecular complexity index is 470. The Balaban J connectivity index is 3.68. The molecule has 5 nitrogen and oxygen atoms in total. The highest BCUT2D eigenvalue weighted by atomic mass is 19.1. The van der Waals surface area contributed by atoms with Gasteiger partial charge in [0.25, 0.3) is 5.69 Å². The highest BCUT2D eigenvalue weighted by Crippen LogP contribution is 2.32. The molecule has 0 amide bonds. The van der Waals surface area contributed by atoms with E-state index in [1.54, 1.807) is 0 Å². The Hall–Kier alpha value is -1.98. The number of aryl methyl sites for hydroxylation is 1. The molecule has 1 aromatic rings. The monoisotopic (exact) mass is 227 g/mol. The Morgan fingerprint density at radius 3 is 2.50 bits per heavy atom. The van der Waals surface area contributed by atoms with Crippen LogP contribution in [0.5, 0.6) is 5.75 Å². The van der Waals surface area contributed by atoms with Gasteiger partial charge in [0.1, 0.15) is 5.56 Å². The lowest BCUT2D eigenvalue weighted by molar-refractivity contribution is -0.385. The van der Waals surface area contributed by atoms with Crippen LogP contribution in [-0.2, 0) is 0 Å². The average molecular weight is 227 g/mol. The van der Waals surface area contributed by atoms with Crippen molar-refractivity contribution in [3.05, 3.63) is 33.1 Å². The zero-order valence-corrected chi connectivity index (χ0v) is 9.04. The van der Waals surface area contributed by atoms with Gasteiger partial charge in [0.2, 0.25) is 0 Å². The third-order valence-electron chi connectivity index (χ3n) is 2.15. The number of nitro groups is 1. The van der Waals surface area contributed by atoms with Crippen LogP contribution in [0.15, 0.2) is 6.07 Å². The maximum absolute atomic E-state index is 13.7. The van der Waals surface area contributed by atoms with Gasteiger partial charge in [0.15, 0.2) is 17.3 Å². The largest absolute Gasteiger partial charge is 0.494 e. The molecule has 0 unspecified atom stereocenters. The third kappa shape index (κ3) is 1.86. The topological polar surface area (TPSA) is 69.4 Å². The van der Waals surface area contributed by atoms with Crippen LogP contribution in [0.25, 0.3) is 0 Å². The Labute approximate surface area is 91.0 Å². The van der Waals surface area contributed by atoms with Gasteiger partial charge in [-0.15, -0.1) is 0 Å². The van der Waals surface area contributed by atoms with Crippen LogP contribution < -0.4 is 4.74 Å². The molecule has 86 valence electrons. The van der Waals surface area contributed by atoms with Gasteiger partial charge in [-0.25, -0.2) is 4.39 Å². The summed E-state index contributed by atoms with van der Waals surface area (Å²) in [7, 11) is 1.23. The summed E-state index contributed by atoms with van der Waals surface area (Å²) in [6, 6.07) is 1.19. The van der Waals surface area contributed by atoms with E-state index in [1.165, 1.54) is 20.1 Å². The smallest absolute Gasteiger partial charge is 0.286 e. The number of nitro benzene ring substituents is 1. The van der Waals surface area contributed by atoms with Gasteiger partial charge in [0, 0.05) is 5.56 Å². The number of carbonyl (C=O) groups excluding carboxylic acids is 1. The molecule has 0 saturated carbocycles. The highest BCUT2D eigenvalue weighted by molar-refractivity contribution is 5.99. The van der Waals surface area contributed by atoms with Gasteiger partial charge in [-0.2, -0.15) is 0 Å². The molecule has 1 aromatic carbocycles. The summed E-state index contributed by atoms with van der Waals surface area (Å²) in [5, 5.41) is 10.7. The van der Waals surface area contributed by atoms with E-state index in [1.807, 2.05) is 0 Å². The SMILES string of the molecule is COc1cc(C)c([N+](=O)[O-])c(C(C)=O)c1F. The summed E-state index contributed by atoms with van der Waals surface area (Å²) in [6.45, 7) is 2.50. The van der Waals surface area contributed by atoms with Crippen LogP contribution in [0, 0.1) is 22.9 Å². The minimum absolute atomic E-state index is 0.173. The van der Waals surface area contributed by atoms with Crippen molar-refractivity contribution in [1.29, 1.82) is 0 Å². The van der Waals surface area contributed by atoms with E-state index in [0.29, 0.717) is 0 Å². The first kappa shape index (κ1) is 12.1. The predicted octanol–water partition coefficient (Wildman–Crippen LogP) is 2.25. The zero-order chi connectivity index (χ0) is 12.5. The predicted molar refractivity (Wildman–Crippen MR) is 54.3 cm³/mol. The van der Waals surface area contributed by atoms with Gasteiger partial charge in [0.05, 0.1) is 12.0 Å². The molecule has 0 heterocycles. The minimum atomic E-state index is -0.993. The number of hydrogen-bond donors (Lipinski definition) is 0. The van der Waals surface area contributed by atoms with Gasteiger partial charge >= 0.3 is 0 Å². The summed E-state index contributed by atoms with van der Waals surface area (Å²) < 4.78 is 18.4. The molecule has 0 bridgehead atoms. The third-order valence-corrected chi connectivity index (χ3v) is 2.15. The van der Waals surface area contributed by atoms with E-state index in [4.69, 9.17) is 4.74 Å². The van der Waals surface area contributed by atoms with Crippen molar-refractivity contribution in [1.82, 2.24) is 0 Å². The number of Topliss-reactive ketones (excluding diaryl/α,β-unsaturated/α-hetero) is 1. The van der Waals surface area contributed by atoms with E-state index in [9.17, 15) is 19.3 Å². The lowest BCUT2D eigenvalue weighted by Crippen LogP contribution is -2.07. The van der Waals surface area contributed by atoms with E-state index in [0.717, 1.165) is 6.92 Å². The highest BCUT2D eigenvalue weighted by Gasteiger charge is 2.27. The van der Waals surface area contributed by atoms with Crippen LogP contribution in [0.4, 0.5) is 10.1 Å². The van der Waals surface area contributed by atoms with E-state index in [-0.39, 0.29) is 11.3 Å². The molecule has 6 heteroatoms. The maximum atomic E-state index is 13.7. The molecule has 0 aliphatic carbocycles. The Morgan fingerprint density at radius 1 is 1.56 bits per heavy atom. The van der Waals surface area contributed by atoms with Crippen molar-refractivity contribution in [2.75, 3.05) is 7.11 Å². The molecule has 0 spiro atoms. The summed E-state index contributed by atoms with van der Waals surface area (Å²) in [6.07, 6.45) is 0. The van der Waals surface area contributed by atoms with Gasteiger partial charge < -0.3 is 4.74 Å². The standard InChI is InChI=1S/C10H10FNO4/c1-5-4-7(16-3)9(11)8(6(2)13)10(5)12(14)15/h4H,1-3H3. The fourth-order valence-corrected chi connectivity index (χ4v) is 1.46. The molecule has 0 aromatic heterocycles. The second kappa shape index (κ2) is 4.26. The number of nitrogens with zero attached hydrogens (tertiary/aromatic N) is 1. The second-order valence-electron chi connectivity index (χ2n) is 3.25. The fourth-order valence-electron chi connectivity index (χ4n) is 1.46. The van der Waals surface area contributed by atoms with E-state index >= 15 is 0 Å². The normalized spacial score (nSPS) is 10.0. The zero-order valence-electron chi connectivity index (χ0n) is 9.04. The first-order valence-electron chi connectivity index (χ1n) is 4.42. The number of benzene rings is 1. The number of ether oxygens (including phenoxy) is 1. The van der Waals surface area contributed by atoms with Gasteiger partial charge in [-0.3, -0.25) is 14.9 Å². The van der Waals surface area contributed by atoms with Crippen LogP contribution in [0.2, 0.25) is 0 Å². The van der Waals surface area contributed by atoms with Crippen molar-refractivity contribution in [2.24, 2.45) is 0 Å². The van der Waals surface area contributed by atoms with Crippen molar-refractivity contribution in [3.8, 4) is 5.75 Å². The van der Waals surface area contributed by atoms with Crippen LogP contribution in [0.1, 0.15) is 22.8 Å². The van der Waals surface area contributed by atoms with Crippen LogP contribution in [-0.4, -0.2) is 17.8 Å². The lowest BCUT2D eigenvalue weighted by atomic mass is 10.0. The number of hydrogen-bond acceptors (Lipinski definition) is 4. The number of ketones is 1. The molecule has 0 saturated heterocycles. The molecule has 0 N–H and O–H groups in total. The molecule has 0 aliphatic heterocycles. The number of methoxy groups -OCH3 is 1. The summed E-state index contributed by atoms with van der Waals surface area (Å²) in [5.41, 5.74) is -0.860. The number of rotatable bonds is 3. The van der Waals surface area contributed by atoms with Crippen LogP contribution >= 0.6 is 0 Å². The molecule has 0 fully saturated rings. The number of halogens is 1. The summed E-state index contributed by atoms with van der Waals surface area (Å²) in [4.78, 5) is 21.2. The van der Waals surface area contributed by atoms with Crippen molar-refractivity contribution >= 4 is 11.5 Å². The van der Waals surface area contributed by atoms with Crippen molar-refractivity contribution < 1.29 is 18.8 Å². The Kier molecular flexibility index (Phi) is 3.22. The molecule has 0 aliphatic rings. The van der Waals surface area contributed by atoms with Gasteiger partial charge in [-0.05, 0) is 19.9 Å². The molecular weight excluding hydrogens is 217 g/mol. The molecule has 0 atom stereocenters. The first-order chi connectivity index (χ1) is 7.40. The average Bonchev–Trinajstić information content (AvgIpc) is 2.19. The Morgan fingerprint density at radius 2 is 2.12 bits per heavy atom. The molecule has 0 radical (unpaired) electrons. The van der Waals surface area contributed by atoms with Crippen molar-refractivity contribution in [2.45, 2.75) is 13.8 Å².